The number of hydrogen-bond acceptors (Lipinski definition) is 5. The Labute approximate surface area is 156 Å². The molecule has 26 heavy (non-hydrogen) atoms. The highest BCUT2D eigenvalue weighted by atomic mass is 35.5. The van der Waals surface area contributed by atoms with Gasteiger partial charge >= 0.3 is 0 Å². The molecule has 4 aromatic rings. The number of aryl methyl sites for hydroxylation is 1. The Balaban J connectivity index is 1.80. The summed E-state index contributed by atoms with van der Waals surface area (Å²) < 4.78 is 6.55. The van der Waals surface area contributed by atoms with Gasteiger partial charge in [0.05, 0.1) is 11.6 Å². The molecule has 1 amide bonds. The topological polar surface area (TPSA) is 77.1 Å². The lowest BCUT2D eigenvalue weighted by Gasteiger charge is -2.11. The molecule has 130 valence electrons. The van der Waals surface area contributed by atoms with E-state index in [-0.39, 0.29) is 5.56 Å². The third-order valence-corrected chi connectivity index (χ3v) is 5.01. The molecule has 3 heterocycles. The zero-order valence-electron chi connectivity index (χ0n) is 13.5. The van der Waals surface area contributed by atoms with Crippen molar-refractivity contribution in [1.82, 2.24) is 9.66 Å². The molecule has 4 rings (SSSR count). The molecule has 0 aliphatic carbocycles. The van der Waals surface area contributed by atoms with Crippen LogP contribution in [0.2, 0.25) is 5.02 Å². The average Bonchev–Trinajstić information content (AvgIpc) is 3.28. The van der Waals surface area contributed by atoms with E-state index in [9.17, 15) is 9.59 Å². The molecule has 0 aliphatic rings. The van der Waals surface area contributed by atoms with Gasteiger partial charge in [0.1, 0.15) is 16.4 Å². The summed E-state index contributed by atoms with van der Waals surface area (Å²) in [5.74, 6) is 0.537. The van der Waals surface area contributed by atoms with Crippen LogP contribution in [0.5, 0.6) is 0 Å². The monoisotopic (exact) mass is 385 g/mol. The molecule has 3 aromatic heterocycles. The van der Waals surface area contributed by atoms with Crippen molar-refractivity contribution in [2.75, 3.05) is 5.43 Å². The first-order valence-electron chi connectivity index (χ1n) is 7.66. The van der Waals surface area contributed by atoms with E-state index in [1.807, 2.05) is 5.38 Å². The second kappa shape index (κ2) is 6.44. The van der Waals surface area contributed by atoms with Crippen molar-refractivity contribution in [3.63, 3.8) is 0 Å². The summed E-state index contributed by atoms with van der Waals surface area (Å²) in [5, 5.41) is 2.76. The third-order valence-electron chi connectivity index (χ3n) is 3.88. The number of carbonyl (C=O) groups excluding carboxylic acids is 1. The number of furan rings is 1. The van der Waals surface area contributed by atoms with E-state index >= 15 is 0 Å². The van der Waals surface area contributed by atoms with Gasteiger partial charge in [-0.25, -0.2) is 9.66 Å². The molecule has 6 nitrogen and oxygen atoms in total. The quantitative estimate of drug-likeness (QED) is 0.576. The summed E-state index contributed by atoms with van der Waals surface area (Å²) in [4.78, 5) is 30.5. The molecule has 0 aliphatic heterocycles. The highest BCUT2D eigenvalue weighted by Crippen LogP contribution is 2.31. The van der Waals surface area contributed by atoms with Gasteiger partial charge in [-0.05, 0) is 43.3 Å². The third kappa shape index (κ3) is 2.81. The summed E-state index contributed by atoms with van der Waals surface area (Å²) in [6.07, 6.45) is 1.54. The lowest BCUT2D eigenvalue weighted by atomic mass is 10.2. The van der Waals surface area contributed by atoms with Gasteiger partial charge < -0.3 is 4.42 Å². The van der Waals surface area contributed by atoms with Gasteiger partial charge in [0.25, 0.3) is 11.5 Å². The highest BCUT2D eigenvalue weighted by molar-refractivity contribution is 7.17. The number of aromatic nitrogens is 2. The maximum atomic E-state index is 13.0. The standard InChI is InChI=1S/C18H12ClN3O3S/c1-10-20-17-15(13(9-26-17)14-3-2-8-25-14)18(24)22(10)21-16(23)11-4-6-12(19)7-5-11/h2-9H,1H3,(H,21,23). The van der Waals surface area contributed by atoms with Gasteiger partial charge in [-0.3, -0.25) is 15.0 Å². The molecule has 0 fully saturated rings. The van der Waals surface area contributed by atoms with Crippen molar-refractivity contribution in [3.05, 3.63) is 74.8 Å². The number of rotatable bonds is 3. The second-order valence-electron chi connectivity index (χ2n) is 5.55. The van der Waals surface area contributed by atoms with E-state index in [0.29, 0.717) is 38.0 Å². The van der Waals surface area contributed by atoms with Crippen LogP contribution in [0.15, 0.2) is 57.3 Å². The minimum absolute atomic E-state index is 0.359. The van der Waals surface area contributed by atoms with Crippen LogP contribution in [0, 0.1) is 6.92 Å². The zero-order chi connectivity index (χ0) is 18.3. The molecule has 1 N–H and O–H groups in total. The van der Waals surface area contributed by atoms with Crippen molar-refractivity contribution < 1.29 is 9.21 Å². The van der Waals surface area contributed by atoms with Crippen LogP contribution in [0.3, 0.4) is 0 Å². The lowest BCUT2D eigenvalue weighted by Crippen LogP contribution is -2.35. The summed E-state index contributed by atoms with van der Waals surface area (Å²) in [6.45, 7) is 1.66. The second-order valence-corrected chi connectivity index (χ2v) is 6.85. The Bertz CT molecular complexity index is 1160. The zero-order valence-corrected chi connectivity index (χ0v) is 15.1. The number of nitrogens with one attached hydrogen (secondary N) is 1. The first-order chi connectivity index (χ1) is 12.5. The van der Waals surface area contributed by atoms with Crippen molar-refractivity contribution >= 4 is 39.1 Å². The van der Waals surface area contributed by atoms with Crippen molar-refractivity contribution in [2.24, 2.45) is 0 Å². The Hall–Kier alpha value is -2.90. The first-order valence-corrected chi connectivity index (χ1v) is 8.92. The van der Waals surface area contributed by atoms with Crippen molar-refractivity contribution in [1.29, 1.82) is 0 Å². The minimum Gasteiger partial charge on any atom is -0.464 e. The maximum absolute atomic E-state index is 13.0. The van der Waals surface area contributed by atoms with E-state index in [0.717, 1.165) is 4.68 Å². The van der Waals surface area contributed by atoms with E-state index in [1.54, 1.807) is 49.6 Å². The highest BCUT2D eigenvalue weighted by Gasteiger charge is 2.18. The molecular weight excluding hydrogens is 374 g/mol. The number of thiophene rings is 1. The molecule has 0 unspecified atom stereocenters. The summed E-state index contributed by atoms with van der Waals surface area (Å²) in [5.41, 5.74) is 3.28. The summed E-state index contributed by atoms with van der Waals surface area (Å²) >= 11 is 7.20. The van der Waals surface area contributed by atoms with E-state index in [2.05, 4.69) is 10.4 Å². The number of hydrogen-bond donors (Lipinski definition) is 1. The SMILES string of the molecule is Cc1nc2scc(-c3ccco3)c2c(=O)n1NC(=O)c1ccc(Cl)cc1. The van der Waals surface area contributed by atoms with Gasteiger partial charge in [0, 0.05) is 21.5 Å². The van der Waals surface area contributed by atoms with Crippen molar-refractivity contribution in [2.45, 2.75) is 6.92 Å². The molecule has 0 saturated heterocycles. The largest absolute Gasteiger partial charge is 0.464 e. The molecule has 0 radical (unpaired) electrons. The van der Waals surface area contributed by atoms with Crippen LogP contribution in [0.1, 0.15) is 16.2 Å². The van der Waals surface area contributed by atoms with Crippen LogP contribution < -0.4 is 11.0 Å². The van der Waals surface area contributed by atoms with Gasteiger partial charge in [-0.15, -0.1) is 11.3 Å². The number of halogens is 1. The van der Waals surface area contributed by atoms with Gasteiger partial charge in [0.15, 0.2) is 0 Å². The van der Waals surface area contributed by atoms with E-state index < -0.39 is 5.91 Å². The molecule has 8 heteroatoms. The fraction of sp³-hybridized carbons (Fsp3) is 0.0556. The van der Waals surface area contributed by atoms with Gasteiger partial charge in [0.2, 0.25) is 0 Å². The van der Waals surface area contributed by atoms with Crippen LogP contribution >= 0.6 is 22.9 Å². The van der Waals surface area contributed by atoms with E-state index in [4.69, 9.17) is 16.0 Å². The van der Waals surface area contributed by atoms with Crippen LogP contribution in [0.4, 0.5) is 0 Å². The van der Waals surface area contributed by atoms with Gasteiger partial charge in [-0.1, -0.05) is 11.6 Å². The van der Waals surface area contributed by atoms with E-state index in [1.165, 1.54) is 11.3 Å². The molecular formula is C18H12ClN3O3S. The van der Waals surface area contributed by atoms with Crippen LogP contribution in [-0.4, -0.2) is 15.6 Å². The lowest BCUT2D eigenvalue weighted by molar-refractivity contribution is 0.101. The first kappa shape index (κ1) is 16.6. The number of nitrogens with zero attached hydrogens (tertiary/aromatic N) is 2. The molecule has 0 bridgehead atoms. The summed E-state index contributed by atoms with van der Waals surface area (Å²) in [6, 6.07) is 9.92. The Kier molecular flexibility index (Phi) is 4.10. The number of amides is 1. The molecule has 0 spiro atoms. The fourth-order valence-corrected chi connectivity index (χ4v) is 3.69. The van der Waals surface area contributed by atoms with Crippen molar-refractivity contribution in [3.8, 4) is 11.3 Å². The number of carbonyl (C=O) groups is 1. The molecule has 1 aromatic carbocycles. The minimum atomic E-state index is -0.428. The van der Waals surface area contributed by atoms with Crippen LogP contribution in [0.25, 0.3) is 21.5 Å². The Morgan fingerprint density at radius 2 is 2.04 bits per heavy atom. The Morgan fingerprint density at radius 1 is 1.27 bits per heavy atom. The molecule has 0 saturated carbocycles. The smallest absolute Gasteiger partial charge is 0.281 e. The normalized spacial score (nSPS) is 11.0. The summed E-state index contributed by atoms with van der Waals surface area (Å²) in [7, 11) is 0. The average molecular weight is 386 g/mol. The maximum Gasteiger partial charge on any atom is 0.281 e. The predicted octanol–water partition coefficient (Wildman–Crippen LogP) is 4.06. The number of fused-ring (bicyclic) bond motifs is 1. The fourth-order valence-electron chi connectivity index (χ4n) is 2.60. The number of benzene rings is 1. The molecule has 0 atom stereocenters. The Morgan fingerprint density at radius 3 is 2.73 bits per heavy atom. The van der Waals surface area contributed by atoms with Crippen LogP contribution in [-0.2, 0) is 0 Å². The van der Waals surface area contributed by atoms with Gasteiger partial charge in [-0.2, -0.15) is 0 Å². The predicted molar refractivity (Wildman–Crippen MR) is 101 cm³/mol.